The second-order valence-electron chi connectivity index (χ2n) is 4.25. The van der Waals surface area contributed by atoms with E-state index in [2.05, 4.69) is 15.9 Å². The third-order valence-corrected chi connectivity index (χ3v) is 4.25. The van der Waals surface area contributed by atoms with Crippen molar-refractivity contribution in [1.82, 2.24) is 0 Å². The van der Waals surface area contributed by atoms with Crippen molar-refractivity contribution in [2.24, 2.45) is 0 Å². The molecule has 19 heavy (non-hydrogen) atoms. The molecule has 1 heterocycles. The average molecular weight is 341 g/mol. The lowest BCUT2D eigenvalue weighted by Crippen LogP contribution is -2.18. The summed E-state index contributed by atoms with van der Waals surface area (Å²) in [4.78, 5) is 24.4. The highest BCUT2D eigenvalue weighted by Gasteiger charge is 2.22. The molecule has 2 rings (SSSR count). The molecule has 100 valence electrons. The Morgan fingerprint density at radius 1 is 1.37 bits per heavy atom. The van der Waals surface area contributed by atoms with Crippen molar-refractivity contribution in [3.8, 4) is 0 Å². The molecule has 1 aromatic carbocycles. The first-order valence-corrected chi connectivity index (χ1v) is 7.49. The zero-order chi connectivity index (χ0) is 13.8. The van der Waals surface area contributed by atoms with Crippen LogP contribution in [0, 0.1) is 0 Å². The van der Waals surface area contributed by atoms with Gasteiger partial charge in [0.05, 0.1) is 6.61 Å². The minimum absolute atomic E-state index is 0.0458. The molecular formula is C14H13BrO3S. The Hall–Kier alpha value is -1.07. The van der Waals surface area contributed by atoms with Crippen LogP contribution in [0.5, 0.6) is 0 Å². The Morgan fingerprint density at radius 2 is 2.05 bits per heavy atom. The van der Waals surface area contributed by atoms with Gasteiger partial charge < -0.3 is 4.74 Å². The van der Waals surface area contributed by atoms with Crippen molar-refractivity contribution >= 4 is 38.8 Å². The Kier molecular flexibility index (Phi) is 4.82. The van der Waals surface area contributed by atoms with Gasteiger partial charge in [0.2, 0.25) is 0 Å². The zero-order valence-corrected chi connectivity index (χ0v) is 12.8. The van der Waals surface area contributed by atoms with E-state index in [0.717, 1.165) is 33.1 Å². The zero-order valence-electron chi connectivity index (χ0n) is 10.4. The molecule has 0 unspecified atom stereocenters. The minimum Gasteiger partial charge on any atom is -0.462 e. The topological polar surface area (TPSA) is 43.4 Å². The summed E-state index contributed by atoms with van der Waals surface area (Å²) in [5.74, 6) is -0.353. The number of rotatable bonds is 3. The first-order chi connectivity index (χ1) is 9.06. The number of cyclic esters (lactones) is 1. The Bertz CT molecular complexity index is 534. The van der Waals surface area contributed by atoms with Gasteiger partial charge in [0, 0.05) is 27.8 Å². The second kappa shape index (κ2) is 6.39. The van der Waals surface area contributed by atoms with E-state index in [4.69, 9.17) is 4.74 Å². The lowest BCUT2D eigenvalue weighted by atomic mass is 10.0. The van der Waals surface area contributed by atoms with Crippen molar-refractivity contribution in [3.05, 3.63) is 39.9 Å². The molecule has 1 aliphatic rings. The van der Waals surface area contributed by atoms with Crippen LogP contribution in [0.3, 0.4) is 0 Å². The lowest BCUT2D eigenvalue weighted by Gasteiger charge is -2.16. The summed E-state index contributed by atoms with van der Waals surface area (Å²) in [6, 6.07) is 7.50. The van der Waals surface area contributed by atoms with E-state index < -0.39 is 0 Å². The summed E-state index contributed by atoms with van der Waals surface area (Å²) in [6.07, 6.45) is 0.850. The number of benzene rings is 1. The Labute approximate surface area is 124 Å². The molecular weight excluding hydrogens is 328 g/mol. The molecule has 0 fully saturated rings. The van der Waals surface area contributed by atoms with Gasteiger partial charge in [-0.1, -0.05) is 33.3 Å². The van der Waals surface area contributed by atoms with E-state index in [0.29, 0.717) is 12.2 Å². The first-order valence-electron chi connectivity index (χ1n) is 5.88. The molecule has 1 aliphatic heterocycles. The van der Waals surface area contributed by atoms with E-state index >= 15 is 0 Å². The van der Waals surface area contributed by atoms with Crippen LogP contribution in [-0.4, -0.2) is 17.7 Å². The monoisotopic (exact) mass is 340 g/mol. The third-order valence-electron chi connectivity index (χ3n) is 2.84. The molecule has 0 amide bonds. The number of halogens is 1. The summed E-state index contributed by atoms with van der Waals surface area (Å²) in [5.41, 5.74) is 1.47. The van der Waals surface area contributed by atoms with Crippen molar-refractivity contribution in [3.63, 3.8) is 0 Å². The maximum atomic E-state index is 12.0. The fourth-order valence-corrected chi connectivity index (χ4v) is 2.76. The molecule has 0 bridgehead atoms. The van der Waals surface area contributed by atoms with Crippen LogP contribution in [0.2, 0.25) is 0 Å². The largest absolute Gasteiger partial charge is 0.462 e. The predicted octanol–water partition coefficient (Wildman–Crippen LogP) is 3.72. The SMILES string of the molecule is CC1=C(CC(=O)Sc2ccc(Br)cc2)C(=O)OCC1. The Morgan fingerprint density at radius 3 is 2.68 bits per heavy atom. The van der Waals surface area contributed by atoms with Crippen molar-refractivity contribution < 1.29 is 14.3 Å². The number of thioether (sulfide) groups is 1. The molecule has 0 atom stereocenters. The molecule has 0 saturated carbocycles. The molecule has 0 spiro atoms. The highest BCUT2D eigenvalue weighted by Crippen LogP contribution is 2.26. The van der Waals surface area contributed by atoms with Gasteiger partial charge in [-0.15, -0.1) is 0 Å². The summed E-state index contributed by atoms with van der Waals surface area (Å²) in [7, 11) is 0. The minimum atomic E-state index is -0.353. The van der Waals surface area contributed by atoms with E-state index in [-0.39, 0.29) is 17.5 Å². The molecule has 0 aromatic heterocycles. The predicted molar refractivity (Wildman–Crippen MR) is 77.9 cm³/mol. The van der Waals surface area contributed by atoms with Crippen LogP contribution in [0.15, 0.2) is 44.8 Å². The van der Waals surface area contributed by atoms with Gasteiger partial charge in [0.1, 0.15) is 0 Å². The molecule has 0 aliphatic carbocycles. The number of carbonyl (C=O) groups is 2. The van der Waals surface area contributed by atoms with Crippen molar-refractivity contribution in [2.75, 3.05) is 6.61 Å². The summed E-state index contributed by atoms with van der Waals surface area (Å²) >= 11 is 4.49. The molecule has 0 N–H and O–H groups in total. The van der Waals surface area contributed by atoms with E-state index in [1.165, 1.54) is 0 Å². The average Bonchev–Trinajstić information content (AvgIpc) is 2.37. The van der Waals surface area contributed by atoms with E-state index in [1.807, 2.05) is 31.2 Å². The molecule has 1 aromatic rings. The van der Waals surface area contributed by atoms with Gasteiger partial charge in [-0.25, -0.2) is 4.79 Å². The smallest absolute Gasteiger partial charge is 0.334 e. The number of ether oxygens (including phenoxy) is 1. The number of hydrogen-bond donors (Lipinski definition) is 0. The lowest BCUT2D eigenvalue weighted by molar-refractivity contribution is -0.140. The highest BCUT2D eigenvalue weighted by atomic mass is 79.9. The van der Waals surface area contributed by atoms with Gasteiger partial charge in [0.15, 0.2) is 5.12 Å². The van der Waals surface area contributed by atoms with Crippen LogP contribution in [0.25, 0.3) is 0 Å². The number of esters is 1. The van der Waals surface area contributed by atoms with Crippen LogP contribution >= 0.6 is 27.7 Å². The standard InChI is InChI=1S/C14H13BrO3S/c1-9-6-7-18-14(17)12(9)8-13(16)19-11-4-2-10(15)3-5-11/h2-5H,6-8H2,1H3. The maximum Gasteiger partial charge on any atom is 0.334 e. The number of carbonyl (C=O) groups excluding carboxylic acids is 2. The quantitative estimate of drug-likeness (QED) is 0.621. The molecule has 0 radical (unpaired) electrons. The van der Waals surface area contributed by atoms with E-state index in [9.17, 15) is 9.59 Å². The van der Waals surface area contributed by atoms with Gasteiger partial charge in [-0.2, -0.15) is 0 Å². The summed E-state index contributed by atoms with van der Waals surface area (Å²) < 4.78 is 5.93. The fraction of sp³-hybridized carbons (Fsp3) is 0.286. The van der Waals surface area contributed by atoms with Gasteiger partial charge in [-0.3, -0.25) is 4.79 Å². The maximum absolute atomic E-state index is 12.0. The normalized spacial score (nSPS) is 15.4. The van der Waals surface area contributed by atoms with Crippen LogP contribution in [-0.2, 0) is 14.3 Å². The number of hydrogen-bond acceptors (Lipinski definition) is 4. The van der Waals surface area contributed by atoms with Crippen molar-refractivity contribution in [1.29, 1.82) is 0 Å². The van der Waals surface area contributed by atoms with Crippen LogP contribution < -0.4 is 0 Å². The van der Waals surface area contributed by atoms with E-state index in [1.54, 1.807) is 0 Å². The highest BCUT2D eigenvalue weighted by molar-refractivity contribution is 9.10. The molecule has 3 nitrogen and oxygen atoms in total. The van der Waals surface area contributed by atoms with Crippen LogP contribution in [0.1, 0.15) is 19.8 Å². The first kappa shape index (κ1) is 14.3. The van der Waals surface area contributed by atoms with Crippen LogP contribution in [0.4, 0.5) is 0 Å². The van der Waals surface area contributed by atoms with Gasteiger partial charge in [0.25, 0.3) is 0 Å². The third kappa shape index (κ3) is 3.94. The molecule has 0 saturated heterocycles. The van der Waals surface area contributed by atoms with Gasteiger partial charge in [-0.05, 0) is 31.2 Å². The molecule has 5 heteroatoms. The fourth-order valence-electron chi connectivity index (χ4n) is 1.75. The Balaban J connectivity index is 2.01. The summed E-state index contributed by atoms with van der Waals surface area (Å²) in [5, 5.41) is -0.0458. The van der Waals surface area contributed by atoms with Gasteiger partial charge >= 0.3 is 5.97 Å². The summed E-state index contributed by atoms with van der Waals surface area (Å²) in [6.45, 7) is 2.30. The second-order valence-corrected chi connectivity index (χ2v) is 6.30. The van der Waals surface area contributed by atoms with Crippen molar-refractivity contribution in [2.45, 2.75) is 24.7 Å².